The van der Waals surface area contributed by atoms with Crippen LogP contribution >= 0.6 is 0 Å². The maximum Gasteiger partial charge on any atom is 0.327 e. The molecule has 11 nitrogen and oxygen atoms in total. The number of nitrogens with two attached hydrogens (primary N) is 3. The fourth-order valence-electron chi connectivity index (χ4n) is 2.62. The van der Waals surface area contributed by atoms with Crippen LogP contribution in [-0.2, 0) is 0 Å². The molecule has 11 heteroatoms. The van der Waals surface area contributed by atoms with E-state index in [1.54, 1.807) is 47.4 Å². The first-order valence-corrected chi connectivity index (χ1v) is 8.98. The van der Waals surface area contributed by atoms with Gasteiger partial charge in [-0.25, -0.2) is 0 Å². The predicted molar refractivity (Wildman–Crippen MR) is 118 cm³/mol. The van der Waals surface area contributed by atoms with E-state index in [-0.39, 0.29) is 29.4 Å². The largest absolute Gasteiger partial charge is 0.437 e. The van der Waals surface area contributed by atoms with Gasteiger partial charge in [-0.2, -0.15) is 15.2 Å². The second-order valence-electron chi connectivity index (χ2n) is 6.53. The molecule has 1 aromatic heterocycles. The highest BCUT2D eigenvalue weighted by Gasteiger charge is 2.16. The Hall–Kier alpha value is -4.72. The summed E-state index contributed by atoms with van der Waals surface area (Å²) in [5.74, 6) is 0.431. The van der Waals surface area contributed by atoms with Gasteiger partial charge in [0.2, 0.25) is 0 Å². The van der Waals surface area contributed by atoms with E-state index < -0.39 is 0 Å². The van der Waals surface area contributed by atoms with Gasteiger partial charge in [-0.05, 0) is 24.3 Å². The van der Waals surface area contributed by atoms with Gasteiger partial charge in [0.1, 0.15) is 17.5 Å². The van der Waals surface area contributed by atoms with Crippen LogP contribution in [0.1, 0.15) is 5.56 Å². The second-order valence-corrected chi connectivity index (χ2v) is 6.53. The highest BCUT2D eigenvalue weighted by molar-refractivity contribution is 5.91. The Morgan fingerprint density at radius 2 is 1.87 bits per heavy atom. The normalized spacial score (nSPS) is 10.1. The minimum Gasteiger partial charge on any atom is -0.437 e. The van der Waals surface area contributed by atoms with Crippen LogP contribution in [0, 0.1) is 16.7 Å². The molecule has 31 heavy (non-hydrogen) atoms. The van der Waals surface area contributed by atoms with E-state index in [4.69, 9.17) is 32.1 Å². The summed E-state index contributed by atoms with van der Waals surface area (Å²) in [7, 11) is 3.63. The summed E-state index contributed by atoms with van der Waals surface area (Å²) >= 11 is 0. The number of rotatable bonds is 6. The molecule has 0 bridgehead atoms. The standard InChI is InChI=1S/C20H21N9O2/c1-29(2)14-9-12(8-7-11(14)10-21)30-18-16(22)17(23)27-20(28-18)31-15-6-4-3-5-13(15)26-19(24)25/h3-9H,22H2,1-2H3,(H2,23,27,28)(H4,24,25,26). The van der Waals surface area contributed by atoms with Crippen LogP contribution in [-0.4, -0.2) is 30.0 Å². The molecule has 158 valence electrons. The zero-order valence-corrected chi connectivity index (χ0v) is 16.9. The summed E-state index contributed by atoms with van der Waals surface area (Å²) in [6.07, 6.45) is 0. The van der Waals surface area contributed by atoms with Gasteiger partial charge in [-0.3, -0.25) is 5.41 Å². The van der Waals surface area contributed by atoms with Crippen molar-refractivity contribution in [3.63, 3.8) is 0 Å². The number of guanidine groups is 1. The maximum absolute atomic E-state index is 9.26. The Morgan fingerprint density at radius 1 is 1.13 bits per heavy atom. The summed E-state index contributed by atoms with van der Waals surface area (Å²) < 4.78 is 11.5. The summed E-state index contributed by atoms with van der Waals surface area (Å²) in [5.41, 5.74) is 18.9. The Bertz CT molecular complexity index is 1170. The van der Waals surface area contributed by atoms with E-state index in [1.807, 2.05) is 14.1 Å². The average Bonchev–Trinajstić information content (AvgIpc) is 2.72. The summed E-state index contributed by atoms with van der Waals surface area (Å²) in [5, 5.41) is 19.3. The number of para-hydroxylation sites is 2. The zero-order chi connectivity index (χ0) is 22.5. The van der Waals surface area contributed by atoms with Gasteiger partial charge in [-0.15, -0.1) is 0 Å². The lowest BCUT2D eigenvalue weighted by molar-refractivity contribution is 0.415. The molecule has 0 atom stereocenters. The smallest absolute Gasteiger partial charge is 0.327 e. The lowest BCUT2D eigenvalue weighted by Crippen LogP contribution is -2.20. The molecule has 0 radical (unpaired) electrons. The van der Waals surface area contributed by atoms with Gasteiger partial charge >= 0.3 is 6.01 Å². The average molecular weight is 419 g/mol. The van der Waals surface area contributed by atoms with Crippen LogP contribution in [0.5, 0.6) is 23.4 Å². The predicted octanol–water partition coefficient (Wildman–Crippen LogP) is 2.47. The first-order chi connectivity index (χ1) is 14.8. The molecule has 2 aromatic carbocycles. The molecule has 0 aliphatic rings. The molecule has 0 aliphatic heterocycles. The number of nitrogens with one attached hydrogen (secondary N) is 2. The van der Waals surface area contributed by atoms with Gasteiger partial charge < -0.3 is 36.9 Å². The van der Waals surface area contributed by atoms with Crippen molar-refractivity contribution in [3.8, 4) is 29.5 Å². The summed E-state index contributed by atoms with van der Waals surface area (Å²) in [6, 6.07) is 13.8. The number of benzene rings is 2. The molecule has 0 saturated heterocycles. The number of ether oxygens (including phenoxy) is 2. The first-order valence-electron chi connectivity index (χ1n) is 8.98. The minimum atomic E-state index is -0.254. The van der Waals surface area contributed by atoms with Crippen molar-refractivity contribution < 1.29 is 9.47 Å². The molecular weight excluding hydrogens is 398 g/mol. The highest BCUT2D eigenvalue weighted by atomic mass is 16.5. The van der Waals surface area contributed by atoms with Crippen molar-refractivity contribution in [2.24, 2.45) is 5.73 Å². The molecule has 0 amide bonds. The number of nitriles is 1. The van der Waals surface area contributed by atoms with Crippen molar-refractivity contribution in [3.05, 3.63) is 48.0 Å². The molecule has 1 heterocycles. The second kappa shape index (κ2) is 8.75. The van der Waals surface area contributed by atoms with Crippen LogP contribution in [0.15, 0.2) is 42.5 Å². The van der Waals surface area contributed by atoms with Gasteiger partial charge in [0, 0.05) is 20.2 Å². The van der Waals surface area contributed by atoms with Crippen molar-refractivity contribution in [2.75, 3.05) is 35.8 Å². The number of nitrogen functional groups attached to an aromatic ring is 2. The number of nitrogens with zero attached hydrogens (tertiary/aromatic N) is 4. The quantitative estimate of drug-likeness (QED) is 0.293. The van der Waals surface area contributed by atoms with Crippen molar-refractivity contribution in [2.45, 2.75) is 0 Å². The Labute approximate surface area is 178 Å². The molecule has 0 fully saturated rings. The molecule has 3 rings (SSSR count). The van der Waals surface area contributed by atoms with Gasteiger partial charge in [0.15, 0.2) is 17.5 Å². The molecular formula is C20H21N9O2. The van der Waals surface area contributed by atoms with Crippen LogP contribution in [0.4, 0.5) is 22.9 Å². The van der Waals surface area contributed by atoms with Crippen molar-refractivity contribution in [1.82, 2.24) is 9.97 Å². The third-order valence-electron chi connectivity index (χ3n) is 4.06. The van der Waals surface area contributed by atoms with Crippen LogP contribution in [0.25, 0.3) is 0 Å². The number of hydrogen-bond donors (Lipinski definition) is 5. The number of hydrogen-bond acceptors (Lipinski definition) is 9. The Balaban J connectivity index is 1.94. The van der Waals surface area contributed by atoms with E-state index >= 15 is 0 Å². The van der Waals surface area contributed by atoms with Gasteiger partial charge in [0.25, 0.3) is 5.88 Å². The molecule has 0 aliphatic carbocycles. The summed E-state index contributed by atoms with van der Waals surface area (Å²) in [6.45, 7) is 0. The summed E-state index contributed by atoms with van der Waals surface area (Å²) in [4.78, 5) is 10.0. The zero-order valence-electron chi connectivity index (χ0n) is 16.9. The molecule has 0 unspecified atom stereocenters. The molecule has 0 spiro atoms. The molecule has 0 saturated carbocycles. The number of aromatic nitrogens is 2. The monoisotopic (exact) mass is 419 g/mol. The van der Waals surface area contributed by atoms with Crippen LogP contribution in [0.3, 0.4) is 0 Å². The third-order valence-corrected chi connectivity index (χ3v) is 4.06. The topological polar surface area (TPSA) is 185 Å². The Kier molecular flexibility index (Phi) is 5.92. The SMILES string of the molecule is CN(C)c1cc(Oc2nc(Oc3ccccc3NC(=N)N)nc(N)c2N)ccc1C#N. The van der Waals surface area contributed by atoms with Gasteiger partial charge in [0.05, 0.1) is 16.9 Å². The van der Waals surface area contributed by atoms with Gasteiger partial charge in [-0.1, -0.05) is 12.1 Å². The van der Waals surface area contributed by atoms with E-state index in [0.717, 1.165) is 0 Å². The molecule has 8 N–H and O–H groups in total. The lowest BCUT2D eigenvalue weighted by atomic mass is 10.2. The van der Waals surface area contributed by atoms with E-state index in [1.165, 1.54) is 0 Å². The van der Waals surface area contributed by atoms with Crippen molar-refractivity contribution >= 4 is 28.8 Å². The highest BCUT2D eigenvalue weighted by Crippen LogP contribution is 2.35. The van der Waals surface area contributed by atoms with E-state index in [0.29, 0.717) is 28.4 Å². The Morgan fingerprint density at radius 3 is 2.55 bits per heavy atom. The maximum atomic E-state index is 9.26. The van der Waals surface area contributed by atoms with Crippen molar-refractivity contribution in [1.29, 1.82) is 10.7 Å². The molecule has 3 aromatic rings. The fraction of sp³-hybridized carbons (Fsp3) is 0.100. The third kappa shape index (κ3) is 4.83. The lowest BCUT2D eigenvalue weighted by Gasteiger charge is -2.16. The van der Waals surface area contributed by atoms with Crippen LogP contribution < -0.4 is 36.9 Å². The first kappa shape index (κ1) is 21.0. The van der Waals surface area contributed by atoms with E-state index in [9.17, 15) is 5.26 Å². The van der Waals surface area contributed by atoms with Crippen LogP contribution in [0.2, 0.25) is 0 Å². The van der Waals surface area contributed by atoms with E-state index in [2.05, 4.69) is 21.4 Å². The minimum absolute atomic E-state index is 0.00563. The fourth-order valence-corrected chi connectivity index (χ4v) is 2.62. The number of anilines is 4.